The van der Waals surface area contributed by atoms with E-state index in [0.717, 1.165) is 64.9 Å². The molecule has 0 spiro atoms. The number of hydrogen-bond acceptors (Lipinski definition) is 3. The predicted octanol–water partition coefficient (Wildman–Crippen LogP) is 4.91. The lowest BCUT2D eigenvalue weighted by molar-refractivity contribution is -0.119. The first-order valence-electron chi connectivity index (χ1n) is 11.0. The van der Waals surface area contributed by atoms with E-state index in [-0.39, 0.29) is 11.5 Å². The summed E-state index contributed by atoms with van der Waals surface area (Å²) in [4.78, 5) is 26.4. The van der Waals surface area contributed by atoms with E-state index in [1.807, 2.05) is 51.1 Å². The molecule has 0 fully saturated rings. The van der Waals surface area contributed by atoms with Crippen LogP contribution in [0.1, 0.15) is 53.6 Å². The fourth-order valence-electron chi connectivity index (χ4n) is 4.20. The number of hydrogen-bond donors (Lipinski definition) is 1. The number of carbonyl (C=O) groups is 1. The molecule has 0 radical (unpaired) electrons. The van der Waals surface area contributed by atoms with Gasteiger partial charge in [-0.25, -0.2) is 4.68 Å². The zero-order valence-corrected chi connectivity index (χ0v) is 18.7. The smallest absolute Gasteiger partial charge is 0.271 e. The fourth-order valence-corrected chi connectivity index (χ4v) is 4.20. The summed E-state index contributed by atoms with van der Waals surface area (Å²) in [6.07, 6.45) is 3.63. The summed E-state index contributed by atoms with van der Waals surface area (Å²) in [5.74, 6) is -0.242. The minimum Gasteiger partial charge on any atom is -0.324 e. The second-order valence-corrected chi connectivity index (χ2v) is 8.54. The van der Waals surface area contributed by atoms with Crippen molar-refractivity contribution in [2.75, 3.05) is 5.32 Å². The average Bonchev–Trinajstić information content (AvgIpc) is 2.77. The Morgan fingerprint density at radius 3 is 2.39 bits per heavy atom. The zero-order chi connectivity index (χ0) is 22.1. The first-order chi connectivity index (χ1) is 14.9. The summed E-state index contributed by atoms with van der Waals surface area (Å²) in [5.41, 5.74) is 7.58. The molecule has 1 aliphatic carbocycles. The summed E-state index contributed by atoms with van der Waals surface area (Å²) in [5, 5.41) is 7.72. The molecule has 1 aromatic heterocycles. The molecule has 0 saturated heterocycles. The molecule has 1 amide bonds. The van der Waals surface area contributed by atoms with Crippen LogP contribution in [0.3, 0.4) is 0 Å². The lowest BCUT2D eigenvalue weighted by atomic mass is 9.89. The summed E-state index contributed by atoms with van der Waals surface area (Å²) in [6, 6.07) is 13.3. The quantitative estimate of drug-likeness (QED) is 0.658. The number of anilines is 1. The third-order valence-electron chi connectivity index (χ3n) is 6.36. The number of amides is 1. The number of nitrogens with zero attached hydrogens (tertiary/aromatic N) is 2. The summed E-state index contributed by atoms with van der Waals surface area (Å²) >= 11 is 0. The van der Waals surface area contributed by atoms with Crippen molar-refractivity contribution in [2.24, 2.45) is 0 Å². The number of carbonyl (C=O) groups excluding carboxylic acids is 1. The molecule has 0 bridgehead atoms. The van der Waals surface area contributed by atoms with E-state index in [1.165, 1.54) is 10.2 Å². The van der Waals surface area contributed by atoms with Gasteiger partial charge in [0.05, 0.1) is 5.69 Å². The average molecular weight is 416 g/mol. The van der Waals surface area contributed by atoms with Crippen molar-refractivity contribution in [3.63, 3.8) is 0 Å². The van der Waals surface area contributed by atoms with Crippen molar-refractivity contribution < 1.29 is 4.79 Å². The molecule has 0 aliphatic heterocycles. The van der Waals surface area contributed by atoms with E-state index in [9.17, 15) is 9.59 Å². The van der Waals surface area contributed by atoms with Gasteiger partial charge in [0, 0.05) is 16.8 Å². The van der Waals surface area contributed by atoms with Crippen LogP contribution in [-0.4, -0.2) is 15.7 Å². The van der Waals surface area contributed by atoms with Crippen molar-refractivity contribution in [2.45, 2.75) is 59.4 Å². The van der Waals surface area contributed by atoms with Crippen molar-refractivity contribution in [1.82, 2.24) is 9.78 Å². The molecule has 5 nitrogen and oxygen atoms in total. The Labute approximate surface area is 183 Å². The van der Waals surface area contributed by atoms with Crippen molar-refractivity contribution in [3.05, 3.63) is 80.6 Å². The Morgan fingerprint density at radius 2 is 1.68 bits per heavy atom. The zero-order valence-electron chi connectivity index (χ0n) is 18.7. The van der Waals surface area contributed by atoms with Crippen LogP contribution in [0.5, 0.6) is 0 Å². The maximum absolute atomic E-state index is 13.3. The van der Waals surface area contributed by atoms with Crippen LogP contribution in [0.15, 0.2) is 47.3 Å². The summed E-state index contributed by atoms with van der Waals surface area (Å²) in [7, 11) is 0. The molecule has 1 atom stereocenters. The van der Waals surface area contributed by atoms with Crippen molar-refractivity contribution in [3.8, 4) is 11.3 Å². The highest BCUT2D eigenvalue weighted by molar-refractivity contribution is 5.94. The number of benzene rings is 2. The normalized spacial score (nSPS) is 14.1. The first-order valence-corrected chi connectivity index (χ1v) is 11.0. The van der Waals surface area contributed by atoms with Gasteiger partial charge in [0.1, 0.15) is 6.04 Å². The van der Waals surface area contributed by atoms with Gasteiger partial charge < -0.3 is 5.32 Å². The Morgan fingerprint density at radius 1 is 1.00 bits per heavy atom. The summed E-state index contributed by atoms with van der Waals surface area (Å²) < 4.78 is 1.37. The Kier molecular flexibility index (Phi) is 5.77. The number of aromatic nitrogens is 2. The molecule has 1 N–H and O–H groups in total. The van der Waals surface area contributed by atoms with Gasteiger partial charge in [-0.2, -0.15) is 5.10 Å². The Hall–Kier alpha value is -3.21. The monoisotopic (exact) mass is 415 g/mol. The van der Waals surface area contributed by atoms with E-state index in [0.29, 0.717) is 0 Å². The molecule has 3 aromatic rings. The Balaban J connectivity index is 1.76. The van der Waals surface area contributed by atoms with Gasteiger partial charge in [-0.3, -0.25) is 9.59 Å². The largest absolute Gasteiger partial charge is 0.324 e. The number of aryl methyl sites for hydroxylation is 2. The van der Waals surface area contributed by atoms with Gasteiger partial charge >= 0.3 is 0 Å². The van der Waals surface area contributed by atoms with Gasteiger partial charge in [0.25, 0.3) is 5.56 Å². The van der Waals surface area contributed by atoms with Crippen LogP contribution >= 0.6 is 0 Å². The lowest BCUT2D eigenvalue weighted by Gasteiger charge is -2.23. The van der Waals surface area contributed by atoms with E-state index < -0.39 is 6.04 Å². The fraction of sp³-hybridized carbons (Fsp3) is 0.346. The molecule has 1 aliphatic rings. The number of nitrogens with one attached hydrogen (secondary N) is 1. The molecular weight excluding hydrogens is 386 g/mol. The maximum atomic E-state index is 13.3. The van der Waals surface area contributed by atoms with Crippen LogP contribution in [0.25, 0.3) is 11.3 Å². The summed E-state index contributed by atoms with van der Waals surface area (Å²) in [6.45, 7) is 7.78. The van der Waals surface area contributed by atoms with Gasteiger partial charge in [-0.1, -0.05) is 42.0 Å². The minimum absolute atomic E-state index is 0.144. The third-order valence-corrected chi connectivity index (χ3v) is 6.36. The second kappa shape index (κ2) is 8.50. The van der Waals surface area contributed by atoms with Gasteiger partial charge in [0.15, 0.2) is 0 Å². The maximum Gasteiger partial charge on any atom is 0.271 e. The standard InChI is InChI=1S/C26H29N3O2/c1-16-12-14-20(15-13-16)24-21-9-5-6-10-22(21)26(31)29(28-24)19(4)25(30)27-23-11-7-8-17(2)18(23)3/h7-8,11-15,19H,5-6,9-10H2,1-4H3,(H,27,30)/t19-/m1/s1. The lowest BCUT2D eigenvalue weighted by Crippen LogP contribution is -2.37. The second-order valence-electron chi connectivity index (χ2n) is 8.54. The highest BCUT2D eigenvalue weighted by Gasteiger charge is 2.26. The predicted molar refractivity (Wildman–Crippen MR) is 125 cm³/mol. The molecule has 4 rings (SSSR count). The highest BCUT2D eigenvalue weighted by Crippen LogP contribution is 2.29. The molecule has 31 heavy (non-hydrogen) atoms. The van der Waals surface area contributed by atoms with Crippen molar-refractivity contribution in [1.29, 1.82) is 0 Å². The van der Waals surface area contributed by atoms with Crippen LogP contribution in [-0.2, 0) is 17.6 Å². The van der Waals surface area contributed by atoms with Crippen LogP contribution in [0.2, 0.25) is 0 Å². The topological polar surface area (TPSA) is 64.0 Å². The molecular formula is C26H29N3O2. The molecule has 160 valence electrons. The Bertz CT molecular complexity index is 1190. The highest BCUT2D eigenvalue weighted by atomic mass is 16.2. The SMILES string of the molecule is Cc1ccc(-c2nn([C@H](C)C(=O)Nc3cccc(C)c3C)c(=O)c3c2CCCC3)cc1. The van der Waals surface area contributed by atoms with Crippen LogP contribution < -0.4 is 10.9 Å². The van der Waals surface area contributed by atoms with E-state index >= 15 is 0 Å². The first kappa shape index (κ1) is 21.0. The van der Waals surface area contributed by atoms with Crippen molar-refractivity contribution >= 4 is 11.6 Å². The molecule has 2 aromatic carbocycles. The molecule has 0 unspecified atom stereocenters. The van der Waals surface area contributed by atoms with E-state index in [4.69, 9.17) is 5.10 Å². The van der Waals surface area contributed by atoms with Crippen LogP contribution in [0, 0.1) is 20.8 Å². The number of rotatable bonds is 4. The number of fused-ring (bicyclic) bond motifs is 1. The molecule has 5 heteroatoms. The van der Waals surface area contributed by atoms with Gasteiger partial charge in [0.2, 0.25) is 5.91 Å². The third kappa shape index (κ3) is 4.05. The molecule has 1 heterocycles. The van der Waals surface area contributed by atoms with Gasteiger partial charge in [-0.15, -0.1) is 0 Å². The van der Waals surface area contributed by atoms with Crippen LogP contribution in [0.4, 0.5) is 5.69 Å². The molecule has 0 saturated carbocycles. The minimum atomic E-state index is -0.719. The van der Waals surface area contributed by atoms with E-state index in [2.05, 4.69) is 17.4 Å². The van der Waals surface area contributed by atoms with E-state index in [1.54, 1.807) is 6.92 Å². The van der Waals surface area contributed by atoms with Gasteiger partial charge in [-0.05, 0) is 76.1 Å².